The highest BCUT2D eigenvalue weighted by Crippen LogP contribution is 2.26. The topological polar surface area (TPSA) is 69.2 Å². The van der Waals surface area contributed by atoms with Crippen LogP contribution >= 0.6 is 11.6 Å². The monoisotopic (exact) mass is 243 g/mol. The zero-order valence-electron chi connectivity index (χ0n) is 8.82. The minimum absolute atomic E-state index is 0.146. The molecule has 0 saturated carbocycles. The van der Waals surface area contributed by atoms with E-state index in [9.17, 15) is 4.79 Å². The molecule has 1 saturated heterocycles. The first-order valence-electron chi connectivity index (χ1n) is 5.31. The van der Waals surface area contributed by atoms with E-state index in [1.807, 2.05) is 4.90 Å². The van der Waals surface area contributed by atoms with E-state index in [1.54, 1.807) is 0 Å². The summed E-state index contributed by atoms with van der Waals surface area (Å²) in [7, 11) is 0. The molecule has 0 aromatic carbocycles. The van der Waals surface area contributed by atoms with Crippen molar-refractivity contribution < 1.29 is 5.11 Å². The first-order chi connectivity index (χ1) is 7.72. The van der Waals surface area contributed by atoms with Crippen molar-refractivity contribution in [1.29, 1.82) is 0 Å². The average Bonchev–Trinajstić information content (AvgIpc) is 2.71. The molecule has 88 valence electrons. The predicted octanol–water partition coefficient (Wildman–Crippen LogP) is 0.632. The van der Waals surface area contributed by atoms with Crippen molar-refractivity contribution >= 4 is 17.4 Å². The second kappa shape index (κ2) is 4.84. The van der Waals surface area contributed by atoms with Crippen molar-refractivity contribution in [3.63, 3.8) is 0 Å². The van der Waals surface area contributed by atoms with Gasteiger partial charge in [-0.15, -0.1) is 0 Å². The van der Waals surface area contributed by atoms with Gasteiger partial charge in [0.25, 0.3) is 5.56 Å². The summed E-state index contributed by atoms with van der Waals surface area (Å²) < 4.78 is 0. The van der Waals surface area contributed by atoms with E-state index in [-0.39, 0.29) is 17.2 Å². The van der Waals surface area contributed by atoms with Crippen LogP contribution in [0.5, 0.6) is 0 Å². The molecule has 1 aromatic rings. The van der Waals surface area contributed by atoms with Gasteiger partial charge in [0.05, 0.1) is 6.33 Å². The van der Waals surface area contributed by atoms with E-state index in [2.05, 4.69) is 9.97 Å². The van der Waals surface area contributed by atoms with Crippen LogP contribution in [0.1, 0.15) is 12.8 Å². The van der Waals surface area contributed by atoms with Crippen LogP contribution in [0.2, 0.25) is 5.02 Å². The number of rotatable bonds is 3. The van der Waals surface area contributed by atoms with Crippen molar-refractivity contribution in [2.75, 3.05) is 24.6 Å². The van der Waals surface area contributed by atoms with E-state index in [0.29, 0.717) is 11.7 Å². The number of anilines is 1. The number of aliphatic hydroxyl groups is 1. The van der Waals surface area contributed by atoms with Gasteiger partial charge in [-0.3, -0.25) is 4.79 Å². The van der Waals surface area contributed by atoms with Crippen molar-refractivity contribution in [3.8, 4) is 0 Å². The molecule has 16 heavy (non-hydrogen) atoms. The molecule has 5 nitrogen and oxygen atoms in total. The average molecular weight is 244 g/mol. The van der Waals surface area contributed by atoms with E-state index in [4.69, 9.17) is 16.7 Å². The largest absolute Gasteiger partial charge is 0.396 e. The fourth-order valence-electron chi connectivity index (χ4n) is 2.04. The third-order valence-corrected chi connectivity index (χ3v) is 3.24. The van der Waals surface area contributed by atoms with Gasteiger partial charge in [0.1, 0.15) is 5.02 Å². The van der Waals surface area contributed by atoms with Crippen LogP contribution in [-0.2, 0) is 0 Å². The molecule has 0 spiro atoms. The third-order valence-electron chi connectivity index (χ3n) is 2.90. The Kier molecular flexibility index (Phi) is 3.46. The van der Waals surface area contributed by atoms with Gasteiger partial charge in [-0.2, -0.15) is 0 Å². The summed E-state index contributed by atoms with van der Waals surface area (Å²) in [6, 6.07) is 0. The first kappa shape index (κ1) is 11.4. The van der Waals surface area contributed by atoms with Gasteiger partial charge in [0.15, 0.2) is 5.82 Å². The van der Waals surface area contributed by atoms with E-state index in [1.165, 1.54) is 6.33 Å². The Morgan fingerprint density at radius 2 is 2.50 bits per heavy atom. The van der Waals surface area contributed by atoms with Gasteiger partial charge >= 0.3 is 0 Å². The standard InChI is InChI=1S/C10H14ClN3O2/c11-8-9(12-6-13-10(8)16)14-3-1-7(5-14)2-4-15/h6-7,15H,1-5H2,(H,12,13,16). The molecule has 1 aromatic heterocycles. The number of hydrogen-bond donors (Lipinski definition) is 2. The summed E-state index contributed by atoms with van der Waals surface area (Å²) in [6.07, 6.45) is 3.16. The molecular formula is C10H14ClN3O2. The summed E-state index contributed by atoms with van der Waals surface area (Å²) >= 11 is 5.90. The van der Waals surface area contributed by atoms with Crippen LogP contribution in [0.3, 0.4) is 0 Å². The third kappa shape index (κ3) is 2.20. The molecule has 1 aliphatic rings. The van der Waals surface area contributed by atoms with Crippen LogP contribution in [-0.4, -0.2) is 34.8 Å². The number of nitrogens with one attached hydrogen (secondary N) is 1. The van der Waals surface area contributed by atoms with Crippen LogP contribution in [0.25, 0.3) is 0 Å². The van der Waals surface area contributed by atoms with Crippen LogP contribution in [0.15, 0.2) is 11.1 Å². The van der Waals surface area contributed by atoms with Gasteiger partial charge in [-0.05, 0) is 18.8 Å². The number of H-pyrrole nitrogens is 1. The summed E-state index contributed by atoms with van der Waals surface area (Å²) in [5.74, 6) is 1.01. The molecule has 1 atom stereocenters. The van der Waals surface area contributed by atoms with Crippen LogP contribution in [0, 0.1) is 5.92 Å². The van der Waals surface area contributed by atoms with Crippen LogP contribution in [0.4, 0.5) is 5.82 Å². The summed E-state index contributed by atoms with van der Waals surface area (Å²) in [5, 5.41) is 9.01. The maximum absolute atomic E-state index is 11.3. The molecule has 1 aliphatic heterocycles. The second-order valence-corrected chi connectivity index (χ2v) is 4.36. The van der Waals surface area contributed by atoms with E-state index < -0.39 is 0 Å². The molecule has 0 amide bonds. The molecular weight excluding hydrogens is 230 g/mol. The van der Waals surface area contributed by atoms with Gasteiger partial charge in [0, 0.05) is 19.7 Å². The summed E-state index contributed by atoms with van der Waals surface area (Å²) in [6.45, 7) is 1.84. The molecule has 6 heteroatoms. The van der Waals surface area contributed by atoms with Crippen molar-refractivity contribution in [2.24, 2.45) is 5.92 Å². The van der Waals surface area contributed by atoms with E-state index in [0.717, 1.165) is 25.9 Å². The summed E-state index contributed by atoms with van der Waals surface area (Å²) in [5.41, 5.74) is -0.308. The SMILES string of the molecule is O=c1[nH]cnc(N2CCC(CCO)C2)c1Cl. The highest BCUT2D eigenvalue weighted by molar-refractivity contribution is 6.32. The quantitative estimate of drug-likeness (QED) is 0.817. The van der Waals surface area contributed by atoms with E-state index >= 15 is 0 Å². The first-order valence-corrected chi connectivity index (χ1v) is 5.69. The highest BCUT2D eigenvalue weighted by Gasteiger charge is 2.25. The number of halogens is 1. The molecule has 0 bridgehead atoms. The number of aromatic amines is 1. The Morgan fingerprint density at radius 3 is 3.25 bits per heavy atom. The molecule has 1 fully saturated rings. The number of nitrogens with zero attached hydrogens (tertiary/aromatic N) is 2. The van der Waals surface area contributed by atoms with Crippen molar-refractivity contribution in [2.45, 2.75) is 12.8 Å². The lowest BCUT2D eigenvalue weighted by atomic mass is 10.1. The molecule has 2 rings (SSSR count). The predicted molar refractivity (Wildman–Crippen MR) is 61.9 cm³/mol. The molecule has 2 heterocycles. The lowest BCUT2D eigenvalue weighted by molar-refractivity contribution is 0.263. The maximum Gasteiger partial charge on any atom is 0.271 e. The smallest absolute Gasteiger partial charge is 0.271 e. The number of hydrogen-bond acceptors (Lipinski definition) is 4. The Hall–Kier alpha value is -1.07. The maximum atomic E-state index is 11.3. The minimum Gasteiger partial charge on any atom is -0.396 e. The lowest BCUT2D eigenvalue weighted by Crippen LogP contribution is -2.24. The van der Waals surface area contributed by atoms with Gasteiger partial charge in [-0.1, -0.05) is 11.6 Å². The molecule has 0 aliphatic carbocycles. The Morgan fingerprint density at radius 1 is 1.69 bits per heavy atom. The van der Waals surface area contributed by atoms with Crippen molar-refractivity contribution in [3.05, 3.63) is 21.7 Å². The lowest BCUT2D eigenvalue weighted by Gasteiger charge is -2.17. The number of aromatic nitrogens is 2. The Labute approximate surface area is 98.1 Å². The number of aliphatic hydroxyl groups excluding tert-OH is 1. The Balaban J connectivity index is 2.14. The molecule has 1 unspecified atom stereocenters. The fraction of sp³-hybridized carbons (Fsp3) is 0.600. The molecule has 2 N–H and O–H groups in total. The van der Waals surface area contributed by atoms with Crippen LogP contribution < -0.4 is 10.5 Å². The second-order valence-electron chi connectivity index (χ2n) is 3.98. The Bertz CT molecular complexity index is 421. The fourth-order valence-corrected chi connectivity index (χ4v) is 2.26. The van der Waals surface area contributed by atoms with Gasteiger partial charge < -0.3 is 15.0 Å². The zero-order valence-corrected chi connectivity index (χ0v) is 9.57. The molecule has 0 radical (unpaired) electrons. The highest BCUT2D eigenvalue weighted by atomic mass is 35.5. The minimum atomic E-state index is -0.308. The van der Waals surface area contributed by atoms with Crippen molar-refractivity contribution in [1.82, 2.24) is 9.97 Å². The zero-order chi connectivity index (χ0) is 11.5. The summed E-state index contributed by atoms with van der Waals surface area (Å²) in [4.78, 5) is 19.8. The van der Waals surface area contributed by atoms with Gasteiger partial charge in [-0.25, -0.2) is 4.98 Å². The normalized spacial score (nSPS) is 20.4. The van der Waals surface area contributed by atoms with Gasteiger partial charge in [0.2, 0.25) is 0 Å².